The van der Waals surface area contributed by atoms with Crippen LogP contribution in [0, 0.1) is 18.3 Å². The SMILES string of the molecule is CCCCc1ccc(-n2cc(C#N)c(=O)cc2C)cc1. The lowest BCUT2D eigenvalue weighted by molar-refractivity contribution is 0.794. The highest BCUT2D eigenvalue weighted by molar-refractivity contribution is 5.39. The van der Waals surface area contributed by atoms with Crippen molar-refractivity contribution in [3.63, 3.8) is 0 Å². The number of nitrogens with zero attached hydrogens (tertiary/aromatic N) is 2. The summed E-state index contributed by atoms with van der Waals surface area (Å²) in [5, 5.41) is 8.96. The van der Waals surface area contributed by atoms with Crippen molar-refractivity contribution >= 4 is 0 Å². The minimum atomic E-state index is -0.221. The fourth-order valence-corrected chi connectivity index (χ4v) is 2.20. The van der Waals surface area contributed by atoms with Gasteiger partial charge in [-0.25, -0.2) is 0 Å². The zero-order valence-corrected chi connectivity index (χ0v) is 11.9. The van der Waals surface area contributed by atoms with Gasteiger partial charge in [0.15, 0.2) is 5.43 Å². The largest absolute Gasteiger partial charge is 0.320 e. The molecule has 3 heteroatoms. The lowest BCUT2D eigenvalue weighted by Gasteiger charge is -2.11. The minimum Gasteiger partial charge on any atom is -0.320 e. The van der Waals surface area contributed by atoms with Crippen LogP contribution in [-0.2, 0) is 6.42 Å². The van der Waals surface area contributed by atoms with Gasteiger partial charge in [0.05, 0.1) is 0 Å². The van der Waals surface area contributed by atoms with Crippen molar-refractivity contribution in [3.05, 3.63) is 63.6 Å². The Labute approximate surface area is 119 Å². The molecule has 0 atom stereocenters. The molecule has 2 rings (SSSR count). The van der Waals surface area contributed by atoms with Gasteiger partial charge in [-0.15, -0.1) is 0 Å². The zero-order valence-electron chi connectivity index (χ0n) is 11.9. The van der Waals surface area contributed by atoms with E-state index in [2.05, 4.69) is 19.1 Å². The van der Waals surface area contributed by atoms with Gasteiger partial charge in [-0.05, 0) is 37.5 Å². The maximum Gasteiger partial charge on any atom is 0.199 e. The van der Waals surface area contributed by atoms with E-state index in [1.54, 1.807) is 6.20 Å². The van der Waals surface area contributed by atoms with Crippen LogP contribution in [0.4, 0.5) is 0 Å². The van der Waals surface area contributed by atoms with E-state index >= 15 is 0 Å². The first kappa shape index (κ1) is 14.1. The van der Waals surface area contributed by atoms with Crippen molar-refractivity contribution in [3.8, 4) is 11.8 Å². The molecule has 0 N–H and O–H groups in total. The summed E-state index contributed by atoms with van der Waals surface area (Å²) < 4.78 is 1.88. The van der Waals surface area contributed by atoms with E-state index in [0.717, 1.165) is 17.8 Å². The second-order valence-electron chi connectivity index (χ2n) is 4.94. The molecule has 1 aromatic heterocycles. The van der Waals surface area contributed by atoms with Crippen LogP contribution in [0.3, 0.4) is 0 Å². The lowest BCUT2D eigenvalue weighted by Crippen LogP contribution is -2.11. The number of aryl methyl sites for hydroxylation is 2. The van der Waals surface area contributed by atoms with Crippen LogP contribution in [0.25, 0.3) is 5.69 Å². The van der Waals surface area contributed by atoms with Crippen LogP contribution < -0.4 is 5.43 Å². The second-order valence-corrected chi connectivity index (χ2v) is 4.94. The summed E-state index contributed by atoms with van der Waals surface area (Å²) in [6.07, 6.45) is 5.07. The van der Waals surface area contributed by atoms with Crippen molar-refractivity contribution in [2.75, 3.05) is 0 Å². The molecule has 0 aliphatic rings. The Morgan fingerprint density at radius 2 is 1.95 bits per heavy atom. The Morgan fingerprint density at radius 3 is 2.55 bits per heavy atom. The van der Waals surface area contributed by atoms with Gasteiger partial charge in [0.2, 0.25) is 0 Å². The van der Waals surface area contributed by atoms with Crippen LogP contribution >= 0.6 is 0 Å². The second kappa shape index (κ2) is 6.21. The molecule has 1 aromatic carbocycles. The highest BCUT2D eigenvalue weighted by atomic mass is 16.1. The first-order valence-corrected chi connectivity index (χ1v) is 6.88. The number of rotatable bonds is 4. The number of hydrogen-bond acceptors (Lipinski definition) is 2. The molecule has 0 spiro atoms. The van der Waals surface area contributed by atoms with Crippen LogP contribution in [0.1, 0.15) is 36.6 Å². The van der Waals surface area contributed by atoms with Gasteiger partial charge in [0, 0.05) is 23.6 Å². The van der Waals surface area contributed by atoms with E-state index in [4.69, 9.17) is 5.26 Å². The number of hydrogen-bond donors (Lipinski definition) is 0. The smallest absolute Gasteiger partial charge is 0.199 e. The van der Waals surface area contributed by atoms with Crippen molar-refractivity contribution in [1.29, 1.82) is 5.26 Å². The van der Waals surface area contributed by atoms with E-state index < -0.39 is 0 Å². The monoisotopic (exact) mass is 266 g/mol. The molecule has 2 aromatic rings. The molecule has 0 aliphatic heterocycles. The van der Waals surface area contributed by atoms with Gasteiger partial charge in [-0.1, -0.05) is 25.5 Å². The van der Waals surface area contributed by atoms with Crippen molar-refractivity contribution in [2.45, 2.75) is 33.1 Å². The average molecular weight is 266 g/mol. The van der Waals surface area contributed by atoms with Gasteiger partial charge in [0.1, 0.15) is 11.6 Å². The lowest BCUT2D eigenvalue weighted by atomic mass is 10.1. The normalized spacial score (nSPS) is 10.2. The van der Waals surface area contributed by atoms with Crippen LogP contribution in [0.2, 0.25) is 0 Å². The molecule has 0 saturated heterocycles. The first-order chi connectivity index (χ1) is 9.65. The predicted octanol–water partition coefficient (Wildman–Crippen LogP) is 3.36. The van der Waals surface area contributed by atoms with Gasteiger partial charge >= 0.3 is 0 Å². The standard InChI is InChI=1S/C17H18N2O/c1-3-4-5-14-6-8-16(9-7-14)19-12-15(11-18)17(20)10-13(19)2/h6-10,12H,3-5H2,1-2H3. The Hall–Kier alpha value is -2.34. The topological polar surface area (TPSA) is 45.8 Å². The van der Waals surface area contributed by atoms with Gasteiger partial charge in [-0.3, -0.25) is 4.79 Å². The minimum absolute atomic E-state index is 0.172. The molecule has 0 fully saturated rings. The van der Waals surface area contributed by atoms with Crippen molar-refractivity contribution in [1.82, 2.24) is 4.57 Å². The van der Waals surface area contributed by atoms with Gasteiger partial charge < -0.3 is 4.57 Å². The number of nitriles is 1. The molecule has 0 aliphatic carbocycles. The van der Waals surface area contributed by atoms with E-state index in [-0.39, 0.29) is 11.0 Å². The highest BCUT2D eigenvalue weighted by Crippen LogP contribution is 2.13. The summed E-state index contributed by atoms with van der Waals surface area (Å²) in [5.74, 6) is 0. The molecule has 20 heavy (non-hydrogen) atoms. The van der Waals surface area contributed by atoms with Crippen LogP contribution in [0.5, 0.6) is 0 Å². The zero-order chi connectivity index (χ0) is 14.5. The molecular formula is C17H18N2O. The number of pyridine rings is 1. The Kier molecular flexibility index (Phi) is 4.37. The third kappa shape index (κ3) is 2.97. The fraction of sp³-hybridized carbons (Fsp3) is 0.294. The molecule has 0 amide bonds. The molecule has 1 heterocycles. The van der Waals surface area contributed by atoms with E-state index in [1.807, 2.05) is 29.7 Å². The molecule has 3 nitrogen and oxygen atoms in total. The number of aromatic nitrogens is 1. The predicted molar refractivity (Wildman–Crippen MR) is 80.1 cm³/mol. The maximum atomic E-state index is 11.6. The molecule has 0 saturated carbocycles. The number of benzene rings is 1. The first-order valence-electron chi connectivity index (χ1n) is 6.88. The quantitative estimate of drug-likeness (QED) is 0.851. The summed E-state index contributed by atoms with van der Waals surface area (Å²) >= 11 is 0. The van der Waals surface area contributed by atoms with Gasteiger partial charge in [-0.2, -0.15) is 5.26 Å². The molecule has 0 unspecified atom stereocenters. The third-order valence-corrected chi connectivity index (χ3v) is 3.40. The summed E-state index contributed by atoms with van der Waals surface area (Å²) in [5.41, 5.74) is 3.07. The van der Waals surface area contributed by atoms with Crippen molar-refractivity contribution in [2.24, 2.45) is 0 Å². The Balaban J connectivity index is 2.37. The van der Waals surface area contributed by atoms with Crippen LogP contribution in [0.15, 0.2) is 41.3 Å². The molecule has 0 radical (unpaired) electrons. The van der Waals surface area contributed by atoms with E-state index in [9.17, 15) is 4.79 Å². The Bertz CT molecular complexity index is 690. The van der Waals surface area contributed by atoms with E-state index in [1.165, 1.54) is 24.5 Å². The summed E-state index contributed by atoms with van der Waals surface area (Å²) in [4.78, 5) is 11.6. The molecule has 102 valence electrons. The van der Waals surface area contributed by atoms with Crippen molar-refractivity contribution < 1.29 is 0 Å². The van der Waals surface area contributed by atoms with Crippen LogP contribution in [-0.4, -0.2) is 4.57 Å². The average Bonchev–Trinajstić information content (AvgIpc) is 2.46. The summed E-state index contributed by atoms with van der Waals surface area (Å²) in [6, 6.07) is 11.7. The summed E-state index contributed by atoms with van der Waals surface area (Å²) in [7, 11) is 0. The highest BCUT2D eigenvalue weighted by Gasteiger charge is 2.05. The summed E-state index contributed by atoms with van der Waals surface area (Å²) in [6.45, 7) is 4.05. The van der Waals surface area contributed by atoms with Gasteiger partial charge in [0.25, 0.3) is 0 Å². The van der Waals surface area contributed by atoms with E-state index in [0.29, 0.717) is 0 Å². The molecular weight excluding hydrogens is 248 g/mol. The Morgan fingerprint density at radius 1 is 1.25 bits per heavy atom. The number of unbranched alkanes of at least 4 members (excludes halogenated alkanes) is 1. The fourth-order valence-electron chi connectivity index (χ4n) is 2.20. The molecule has 0 bridgehead atoms. The third-order valence-electron chi connectivity index (χ3n) is 3.40. The maximum absolute atomic E-state index is 11.6.